The van der Waals surface area contributed by atoms with Crippen LogP contribution in [0.5, 0.6) is 0 Å². The van der Waals surface area contributed by atoms with E-state index in [9.17, 15) is 0 Å². The van der Waals surface area contributed by atoms with Gasteiger partial charge in [-0.05, 0) is 74.5 Å². The van der Waals surface area contributed by atoms with Crippen molar-refractivity contribution in [2.75, 3.05) is 13.1 Å². The SMILES string of the molecule is NCCc1ccc(-c2ccc(-c3ccc(-c4ccc(CCN)s4)s3)s2)s1. The van der Waals surface area contributed by atoms with Crippen molar-refractivity contribution in [2.45, 2.75) is 12.8 Å². The highest BCUT2D eigenvalue weighted by Gasteiger charge is 2.11. The summed E-state index contributed by atoms with van der Waals surface area (Å²) in [4.78, 5) is 10.8. The van der Waals surface area contributed by atoms with Gasteiger partial charge in [0, 0.05) is 39.0 Å². The van der Waals surface area contributed by atoms with E-state index in [1.807, 2.05) is 45.3 Å². The van der Waals surface area contributed by atoms with Crippen LogP contribution in [0.25, 0.3) is 29.3 Å². The van der Waals surface area contributed by atoms with Crippen molar-refractivity contribution in [1.82, 2.24) is 0 Å². The molecule has 0 aliphatic carbocycles. The van der Waals surface area contributed by atoms with Crippen molar-refractivity contribution in [1.29, 1.82) is 0 Å². The van der Waals surface area contributed by atoms with Crippen LogP contribution in [0.4, 0.5) is 0 Å². The van der Waals surface area contributed by atoms with E-state index >= 15 is 0 Å². The first-order valence-electron chi connectivity index (χ1n) is 8.55. The van der Waals surface area contributed by atoms with E-state index in [0.717, 1.165) is 12.8 Å². The van der Waals surface area contributed by atoms with Crippen LogP contribution >= 0.6 is 45.3 Å². The summed E-state index contributed by atoms with van der Waals surface area (Å²) in [6, 6.07) is 17.8. The van der Waals surface area contributed by atoms with E-state index in [1.165, 1.54) is 39.0 Å². The quantitative estimate of drug-likeness (QED) is 0.392. The summed E-state index contributed by atoms with van der Waals surface area (Å²) >= 11 is 7.45. The van der Waals surface area contributed by atoms with Gasteiger partial charge in [-0.3, -0.25) is 0 Å². The second kappa shape index (κ2) is 8.17. The topological polar surface area (TPSA) is 52.0 Å². The minimum absolute atomic E-state index is 0.712. The number of hydrogen-bond acceptors (Lipinski definition) is 6. The molecule has 4 aromatic heterocycles. The van der Waals surface area contributed by atoms with E-state index in [2.05, 4.69) is 48.5 Å². The zero-order valence-corrected chi connectivity index (χ0v) is 17.5. The second-order valence-corrected chi connectivity index (χ2v) is 10.4. The molecule has 134 valence electrons. The summed E-state index contributed by atoms with van der Waals surface area (Å²) < 4.78 is 0. The lowest BCUT2D eigenvalue weighted by molar-refractivity contribution is 0.989. The van der Waals surface area contributed by atoms with Crippen molar-refractivity contribution in [3.8, 4) is 29.3 Å². The highest BCUT2D eigenvalue weighted by atomic mass is 32.1. The minimum Gasteiger partial charge on any atom is -0.330 e. The summed E-state index contributed by atoms with van der Waals surface area (Å²) in [6.45, 7) is 1.42. The van der Waals surface area contributed by atoms with Crippen molar-refractivity contribution in [3.63, 3.8) is 0 Å². The smallest absolute Gasteiger partial charge is 0.0449 e. The maximum absolute atomic E-state index is 5.66. The molecule has 4 rings (SSSR count). The molecule has 0 aliphatic heterocycles. The van der Waals surface area contributed by atoms with Gasteiger partial charge in [0.25, 0.3) is 0 Å². The van der Waals surface area contributed by atoms with E-state index in [1.54, 1.807) is 0 Å². The first kappa shape index (κ1) is 18.1. The third-order valence-electron chi connectivity index (χ3n) is 4.05. The number of thiophene rings is 4. The summed E-state index contributed by atoms with van der Waals surface area (Å²) in [5, 5.41) is 0. The molecule has 0 aliphatic rings. The Balaban J connectivity index is 1.55. The summed E-state index contributed by atoms with van der Waals surface area (Å²) in [5.41, 5.74) is 11.3. The largest absolute Gasteiger partial charge is 0.330 e. The average molecular weight is 417 g/mol. The third-order valence-corrected chi connectivity index (χ3v) is 9.09. The van der Waals surface area contributed by atoms with E-state index < -0.39 is 0 Å². The molecule has 0 radical (unpaired) electrons. The molecule has 0 unspecified atom stereocenters. The first-order chi connectivity index (χ1) is 12.8. The maximum atomic E-state index is 5.66. The van der Waals surface area contributed by atoms with E-state index in [0.29, 0.717) is 13.1 Å². The fourth-order valence-electron chi connectivity index (χ4n) is 2.78. The van der Waals surface area contributed by atoms with Crippen molar-refractivity contribution >= 4 is 45.3 Å². The fraction of sp³-hybridized carbons (Fsp3) is 0.200. The van der Waals surface area contributed by atoms with Crippen LogP contribution in [0.15, 0.2) is 48.5 Å². The predicted octanol–water partition coefficient (Wildman–Crippen LogP) is 5.94. The molecular formula is C20H20N2S4. The van der Waals surface area contributed by atoms with Gasteiger partial charge in [-0.2, -0.15) is 0 Å². The molecule has 2 nitrogen and oxygen atoms in total. The van der Waals surface area contributed by atoms with E-state index in [4.69, 9.17) is 11.5 Å². The van der Waals surface area contributed by atoms with Crippen LogP contribution < -0.4 is 11.5 Å². The Labute approximate surface area is 169 Å². The lowest BCUT2D eigenvalue weighted by Gasteiger charge is -1.93. The Hall–Kier alpha value is -1.28. The molecule has 0 bridgehead atoms. The molecule has 0 aromatic carbocycles. The molecule has 0 fully saturated rings. The summed E-state index contributed by atoms with van der Waals surface area (Å²) in [7, 11) is 0. The highest BCUT2D eigenvalue weighted by molar-refractivity contribution is 7.28. The fourth-order valence-corrected chi connectivity index (χ4v) is 7.11. The van der Waals surface area contributed by atoms with Gasteiger partial charge in [0.2, 0.25) is 0 Å². The van der Waals surface area contributed by atoms with Gasteiger partial charge in [-0.25, -0.2) is 0 Å². The molecule has 26 heavy (non-hydrogen) atoms. The molecule has 4 aromatic rings. The van der Waals surface area contributed by atoms with Crippen LogP contribution in [0.2, 0.25) is 0 Å². The molecule has 4 heterocycles. The average Bonchev–Trinajstić information content (AvgIpc) is 3.41. The van der Waals surface area contributed by atoms with Gasteiger partial charge in [0.1, 0.15) is 0 Å². The number of nitrogens with two attached hydrogens (primary N) is 2. The molecule has 0 spiro atoms. The maximum Gasteiger partial charge on any atom is 0.0449 e. The van der Waals surface area contributed by atoms with Gasteiger partial charge >= 0.3 is 0 Å². The Bertz CT molecular complexity index is 908. The Morgan fingerprint density at radius 2 is 0.769 bits per heavy atom. The molecule has 0 amide bonds. The standard InChI is InChI=1S/C20H20N2S4/c21-11-9-13-1-3-15(23-13)17-5-7-19(25-17)20-8-6-18(26-20)16-4-2-14(24-16)10-12-22/h1-8H,9-12,21-22H2. The number of hydrogen-bond donors (Lipinski definition) is 2. The monoisotopic (exact) mass is 416 g/mol. The lowest BCUT2D eigenvalue weighted by atomic mass is 10.3. The minimum atomic E-state index is 0.712. The van der Waals surface area contributed by atoms with Crippen LogP contribution in [-0.2, 0) is 12.8 Å². The normalized spacial score (nSPS) is 11.3. The van der Waals surface area contributed by atoms with Crippen LogP contribution in [0.1, 0.15) is 9.75 Å². The Morgan fingerprint density at radius 3 is 1.12 bits per heavy atom. The van der Waals surface area contributed by atoms with Crippen LogP contribution in [0.3, 0.4) is 0 Å². The molecule has 0 saturated heterocycles. The van der Waals surface area contributed by atoms with Gasteiger partial charge in [0.05, 0.1) is 0 Å². The second-order valence-electron chi connectivity index (χ2n) is 5.94. The predicted molar refractivity (Wildman–Crippen MR) is 120 cm³/mol. The van der Waals surface area contributed by atoms with Crippen LogP contribution in [-0.4, -0.2) is 13.1 Å². The zero-order valence-electron chi connectivity index (χ0n) is 14.2. The van der Waals surface area contributed by atoms with Crippen molar-refractivity contribution in [2.24, 2.45) is 11.5 Å². The highest BCUT2D eigenvalue weighted by Crippen LogP contribution is 2.42. The third kappa shape index (κ3) is 3.86. The van der Waals surface area contributed by atoms with Gasteiger partial charge in [-0.15, -0.1) is 45.3 Å². The first-order valence-corrected chi connectivity index (χ1v) is 11.8. The Morgan fingerprint density at radius 1 is 0.462 bits per heavy atom. The van der Waals surface area contributed by atoms with Crippen LogP contribution in [0, 0.1) is 0 Å². The van der Waals surface area contributed by atoms with Gasteiger partial charge < -0.3 is 11.5 Å². The Kier molecular flexibility index (Phi) is 5.69. The molecule has 4 N–H and O–H groups in total. The molecular weight excluding hydrogens is 397 g/mol. The molecule has 0 saturated carbocycles. The molecule has 0 atom stereocenters. The van der Waals surface area contributed by atoms with Gasteiger partial charge in [-0.1, -0.05) is 0 Å². The summed E-state index contributed by atoms with van der Waals surface area (Å²) in [5.74, 6) is 0. The van der Waals surface area contributed by atoms with Crippen molar-refractivity contribution in [3.05, 3.63) is 58.3 Å². The zero-order chi connectivity index (χ0) is 17.9. The van der Waals surface area contributed by atoms with Crippen molar-refractivity contribution < 1.29 is 0 Å². The summed E-state index contributed by atoms with van der Waals surface area (Å²) in [6.07, 6.45) is 1.92. The number of rotatable bonds is 7. The van der Waals surface area contributed by atoms with E-state index in [-0.39, 0.29) is 0 Å². The lowest BCUT2D eigenvalue weighted by Crippen LogP contribution is -2.00. The molecule has 6 heteroatoms. The van der Waals surface area contributed by atoms with Gasteiger partial charge in [0.15, 0.2) is 0 Å².